The molecule has 2 heterocycles. The zero-order chi connectivity index (χ0) is 15.4. The lowest BCUT2D eigenvalue weighted by molar-refractivity contribution is -0.128. The van der Waals surface area contributed by atoms with Crippen LogP contribution < -0.4 is 10.1 Å². The molecule has 1 aliphatic rings. The van der Waals surface area contributed by atoms with Crippen molar-refractivity contribution in [2.75, 3.05) is 19.0 Å². The van der Waals surface area contributed by atoms with Gasteiger partial charge >= 0.3 is 0 Å². The van der Waals surface area contributed by atoms with Crippen LogP contribution in [0.3, 0.4) is 0 Å². The standard InChI is InChI=1S/C16H17N3O2S.ClH/c1-21-13-6-4-12(5-7-13)18-16-17-9-8-15(20)19(16)11-14-3-2-10-22-14;/h2-7,10H,8-9,11H2,1H3,(H,17,18);1H. The van der Waals surface area contributed by atoms with Crippen molar-refractivity contribution < 1.29 is 9.53 Å². The molecule has 0 unspecified atom stereocenters. The van der Waals surface area contributed by atoms with Gasteiger partial charge in [0.15, 0.2) is 0 Å². The van der Waals surface area contributed by atoms with Crippen LogP contribution in [-0.2, 0) is 11.3 Å². The second-order valence-corrected chi connectivity index (χ2v) is 5.90. The van der Waals surface area contributed by atoms with Crippen LogP contribution >= 0.6 is 23.7 Å². The van der Waals surface area contributed by atoms with E-state index >= 15 is 0 Å². The fourth-order valence-corrected chi connectivity index (χ4v) is 2.92. The average molecular weight is 352 g/mol. The molecule has 3 rings (SSSR count). The molecule has 0 saturated heterocycles. The number of hydrogen-bond acceptors (Lipinski definition) is 5. The van der Waals surface area contributed by atoms with Gasteiger partial charge in [-0.25, -0.2) is 0 Å². The number of thiophene rings is 1. The number of anilines is 1. The van der Waals surface area contributed by atoms with E-state index < -0.39 is 0 Å². The monoisotopic (exact) mass is 351 g/mol. The van der Waals surface area contributed by atoms with E-state index in [-0.39, 0.29) is 18.3 Å². The molecule has 1 N–H and O–H groups in total. The smallest absolute Gasteiger partial charge is 0.231 e. The Morgan fingerprint density at radius 3 is 2.74 bits per heavy atom. The summed E-state index contributed by atoms with van der Waals surface area (Å²) >= 11 is 1.64. The van der Waals surface area contributed by atoms with E-state index in [1.54, 1.807) is 23.3 Å². The largest absolute Gasteiger partial charge is 0.497 e. The predicted molar refractivity (Wildman–Crippen MR) is 95.7 cm³/mol. The minimum atomic E-state index is 0. The normalized spacial score (nSPS) is 14.0. The first-order valence-corrected chi connectivity index (χ1v) is 7.92. The quantitative estimate of drug-likeness (QED) is 0.918. The molecular formula is C16H18ClN3O2S. The summed E-state index contributed by atoms with van der Waals surface area (Å²) in [5.41, 5.74) is 0.880. The minimum absolute atomic E-state index is 0. The number of guanidine groups is 1. The third-order valence-electron chi connectivity index (χ3n) is 3.38. The van der Waals surface area contributed by atoms with Gasteiger partial charge in [-0.1, -0.05) is 6.07 Å². The number of rotatable bonds is 4. The lowest BCUT2D eigenvalue weighted by Gasteiger charge is -2.27. The first-order chi connectivity index (χ1) is 10.8. The van der Waals surface area contributed by atoms with Gasteiger partial charge in [-0.15, -0.1) is 23.7 Å². The maximum Gasteiger partial charge on any atom is 0.231 e. The van der Waals surface area contributed by atoms with Gasteiger partial charge in [-0.05, 0) is 35.7 Å². The molecular weight excluding hydrogens is 334 g/mol. The van der Waals surface area contributed by atoms with Gasteiger partial charge in [0.1, 0.15) is 5.75 Å². The zero-order valence-corrected chi connectivity index (χ0v) is 14.3. The Hall–Kier alpha value is -2.05. The van der Waals surface area contributed by atoms with Crippen LogP contribution in [0.25, 0.3) is 0 Å². The summed E-state index contributed by atoms with van der Waals surface area (Å²) < 4.78 is 5.15. The first kappa shape index (κ1) is 17.3. The summed E-state index contributed by atoms with van der Waals surface area (Å²) in [5, 5.41) is 5.24. The maximum atomic E-state index is 12.2. The Bertz CT molecular complexity index is 671. The Labute approximate surface area is 145 Å². The van der Waals surface area contributed by atoms with E-state index in [9.17, 15) is 4.79 Å². The summed E-state index contributed by atoms with van der Waals surface area (Å²) in [6.07, 6.45) is 0.458. The molecule has 1 aromatic carbocycles. The highest BCUT2D eigenvalue weighted by molar-refractivity contribution is 7.09. The van der Waals surface area contributed by atoms with Crippen LogP contribution in [0.1, 0.15) is 11.3 Å². The van der Waals surface area contributed by atoms with Crippen LogP contribution in [0.2, 0.25) is 0 Å². The fraction of sp³-hybridized carbons (Fsp3) is 0.250. The molecule has 1 aromatic heterocycles. The Morgan fingerprint density at radius 1 is 1.30 bits per heavy atom. The molecule has 23 heavy (non-hydrogen) atoms. The van der Waals surface area contributed by atoms with Crippen LogP contribution in [-0.4, -0.2) is 30.4 Å². The molecule has 0 atom stereocenters. The van der Waals surface area contributed by atoms with E-state index in [0.29, 0.717) is 25.5 Å². The Balaban J connectivity index is 0.00000192. The molecule has 1 aliphatic heterocycles. The lowest BCUT2D eigenvalue weighted by atomic mass is 10.3. The molecule has 0 aliphatic carbocycles. The van der Waals surface area contributed by atoms with Crippen LogP contribution in [0.15, 0.2) is 46.8 Å². The van der Waals surface area contributed by atoms with Crippen molar-refractivity contribution in [2.24, 2.45) is 4.99 Å². The van der Waals surface area contributed by atoms with Gasteiger partial charge in [-0.3, -0.25) is 14.7 Å². The molecule has 0 fully saturated rings. The second-order valence-electron chi connectivity index (χ2n) is 4.87. The number of amides is 1. The van der Waals surface area contributed by atoms with Gasteiger partial charge in [0.2, 0.25) is 11.9 Å². The van der Waals surface area contributed by atoms with Crippen molar-refractivity contribution in [3.05, 3.63) is 46.7 Å². The number of carbonyl (C=O) groups excluding carboxylic acids is 1. The summed E-state index contributed by atoms with van der Waals surface area (Å²) in [4.78, 5) is 19.5. The van der Waals surface area contributed by atoms with Gasteiger partial charge in [0.05, 0.1) is 20.2 Å². The van der Waals surface area contributed by atoms with Crippen LogP contribution in [0, 0.1) is 0 Å². The molecule has 1 amide bonds. The second kappa shape index (κ2) is 7.99. The van der Waals surface area contributed by atoms with Crippen LogP contribution in [0.5, 0.6) is 5.75 Å². The molecule has 0 spiro atoms. The molecule has 122 valence electrons. The predicted octanol–water partition coefficient (Wildman–Crippen LogP) is 3.38. The average Bonchev–Trinajstić information content (AvgIpc) is 3.05. The summed E-state index contributed by atoms with van der Waals surface area (Å²) in [6.45, 7) is 1.08. The number of aliphatic imine (C=N–C) groups is 1. The number of benzene rings is 1. The molecule has 2 aromatic rings. The third-order valence-corrected chi connectivity index (χ3v) is 4.25. The van der Waals surface area contributed by atoms with Gasteiger partial charge < -0.3 is 10.1 Å². The van der Waals surface area contributed by atoms with Gasteiger partial charge in [-0.2, -0.15) is 0 Å². The number of hydrogen-bond donors (Lipinski definition) is 1. The maximum absolute atomic E-state index is 12.2. The topological polar surface area (TPSA) is 53.9 Å². The summed E-state index contributed by atoms with van der Waals surface area (Å²) in [7, 11) is 1.63. The van der Waals surface area contributed by atoms with Crippen molar-refractivity contribution in [1.29, 1.82) is 0 Å². The number of carbonyl (C=O) groups is 1. The van der Waals surface area contributed by atoms with E-state index in [2.05, 4.69) is 10.3 Å². The number of ether oxygens (including phenoxy) is 1. The Morgan fingerprint density at radius 2 is 2.09 bits per heavy atom. The highest BCUT2D eigenvalue weighted by Crippen LogP contribution is 2.19. The SMILES string of the molecule is COc1ccc(NC2=NCCC(=O)N2Cc2cccs2)cc1.Cl. The minimum Gasteiger partial charge on any atom is -0.497 e. The van der Waals surface area contributed by atoms with Gasteiger partial charge in [0.25, 0.3) is 0 Å². The number of methoxy groups -OCH3 is 1. The van der Waals surface area contributed by atoms with Crippen molar-refractivity contribution in [3.63, 3.8) is 0 Å². The van der Waals surface area contributed by atoms with E-state index in [4.69, 9.17) is 4.74 Å². The number of halogens is 1. The summed E-state index contributed by atoms with van der Waals surface area (Å²) in [5.74, 6) is 1.50. The van der Waals surface area contributed by atoms with Crippen molar-refractivity contribution in [2.45, 2.75) is 13.0 Å². The third kappa shape index (κ3) is 4.24. The van der Waals surface area contributed by atoms with Crippen molar-refractivity contribution in [1.82, 2.24) is 4.90 Å². The van der Waals surface area contributed by atoms with Crippen LogP contribution in [0.4, 0.5) is 5.69 Å². The van der Waals surface area contributed by atoms with E-state index in [1.807, 2.05) is 41.8 Å². The van der Waals surface area contributed by atoms with E-state index in [0.717, 1.165) is 16.3 Å². The fourth-order valence-electron chi connectivity index (χ4n) is 2.23. The van der Waals surface area contributed by atoms with E-state index in [1.165, 1.54) is 0 Å². The van der Waals surface area contributed by atoms with Crippen molar-refractivity contribution >= 4 is 41.3 Å². The molecule has 0 radical (unpaired) electrons. The number of nitrogens with zero attached hydrogens (tertiary/aromatic N) is 2. The first-order valence-electron chi connectivity index (χ1n) is 7.04. The molecule has 0 saturated carbocycles. The number of nitrogens with one attached hydrogen (secondary N) is 1. The Kier molecular flexibility index (Phi) is 6.01. The highest BCUT2D eigenvalue weighted by atomic mass is 35.5. The highest BCUT2D eigenvalue weighted by Gasteiger charge is 2.23. The van der Waals surface area contributed by atoms with Gasteiger partial charge in [0, 0.05) is 17.0 Å². The molecule has 0 bridgehead atoms. The van der Waals surface area contributed by atoms with Crippen molar-refractivity contribution in [3.8, 4) is 5.75 Å². The lowest BCUT2D eigenvalue weighted by Crippen LogP contribution is -2.43. The zero-order valence-electron chi connectivity index (χ0n) is 12.7. The molecule has 7 heteroatoms. The molecule has 5 nitrogen and oxygen atoms in total. The summed E-state index contributed by atoms with van der Waals surface area (Å²) in [6, 6.07) is 11.6.